The smallest absolute Gasteiger partial charge is 0.272 e. The molecule has 6 heteroatoms. The molecule has 2 aliphatic heterocycles. The van der Waals surface area contributed by atoms with E-state index in [-0.39, 0.29) is 5.91 Å². The van der Waals surface area contributed by atoms with Gasteiger partial charge in [0.05, 0.1) is 0 Å². The summed E-state index contributed by atoms with van der Waals surface area (Å²) in [7, 11) is 6.11. The Morgan fingerprint density at radius 1 is 1.26 bits per heavy atom. The fraction of sp³-hybridized carbons (Fsp3) is 0.765. The van der Waals surface area contributed by atoms with Crippen LogP contribution in [0.15, 0.2) is 12.3 Å². The van der Waals surface area contributed by atoms with E-state index in [1.165, 1.54) is 19.4 Å². The summed E-state index contributed by atoms with van der Waals surface area (Å²) in [6.45, 7) is 5.19. The summed E-state index contributed by atoms with van der Waals surface area (Å²) < 4.78 is 1.67. The van der Waals surface area contributed by atoms with Gasteiger partial charge in [-0.1, -0.05) is 0 Å². The highest BCUT2D eigenvalue weighted by Gasteiger charge is 2.43. The molecule has 1 amide bonds. The molecule has 0 aromatic carbocycles. The molecule has 0 bridgehead atoms. The van der Waals surface area contributed by atoms with Crippen molar-refractivity contribution in [3.8, 4) is 0 Å². The molecule has 0 saturated carbocycles. The standard InChI is InChI=1S/C17H29N5O/c1-19(2)13-14-22-10-4-6-17(22)7-11-21(12-8-17)16(23)15-5-9-18-20(15)3/h5,9H,4,6-8,10-14H2,1-3H3. The van der Waals surface area contributed by atoms with Crippen LogP contribution in [0.2, 0.25) is 0 Å². The molecule has 1 spiro atoms. The van der Waals surface area contributed by atoms with Crippen molar-refractivity contribution in [1.82, 2.24) is 24.5 Å². The lowest BCUT2D eigenvalue weighted by molar-refractivity contribution is 0.0387. The summed E-state index contributed by atoms with van der Waals surface area (Å²) in [5.74, 6) is 0.123. The molecule has 0 N–H and O–H groups in total. The van der Waals surface area contributed by atoms with Crippen LogP contribution < -0.4 is 0 Å². The highest BCUT2D eigenvalue weighted by atomic mass is 16.2. The largest absolute Gasteiger partial charge is 0.337 e. The molecule has 23 heavy (non-hydrogen) atoms. The maximum atomic E-state index is 12.6. The zero-order valence-corrected chi connectivity index (χ0v) is 14.7. The first kappa shape index (κ1) is 16.5. The second-order valence-electron chi connectivity index (χ2n) is 7.25. The average molecular weight is 319 g/mol. The van der Waals surface area contributed by atoms with E-state index < -0.39 is 0 Å². The molecule has 3 heterocycles. The summed E-state index contributed by atoms with van der Waals surface area (Å²) in [5, 5.41) is 4.11. The quantitative estimate of drug-likeness (QED) is 0.832. The monoisotopic (exact) mass is 319 g/mol. The molecule has 2 saturated heterocycles. The maximum absolute atomic E-state index is 12.6. The Morgan fingerprint density at radius 2 is 2.00 bits per heavy atom. The molecule has 0 radical (unpaired) electrons. The summed E-state index contributed by atoms with van der Waals surface area (Å²) in [6.07, 6.45) is 6.48. The lowest BCUT2D eigenvalue weighted by atomic mass is 9.85. The van der Waals surface area contributed by atoms with E-state index >= 15 is 0 Å². The summed E-state index contributed by atoms with van der Waals surface area (Å²) in [5.41, 5.74) is 1.02. The van der Waals surface area contributed by atoms with E-state index in [4.69, 9.17) is 0 Å². The number of rotatable bonds is 4. The minimum absolute atomic E-state index is 0.123. The third-order valence-electron chi connectivity index (χ3n) is 5.58. The third-order valence-corrected chi connectivity index (χ3v) is 5.58. The molecule has 6 nitrogen and oxygen atoms in total. The van der Waals surface area contributed by atoms with Gasteiger partial charge in [0.25, 0.3) is 5.91 Å². The van der Waals surface area contributed by atoms with Gasteiger partial charge in [0, 0.05) is 45.0 Å². The maximum Gasteiger partial charge on any atom is 0.272 e. The van der Waals surface area contributed by atoms with Crippen molar-refractivity contribution < 1.29 is 4.79 Å². The van der Waals surface area contributed by atoms with Crippen LogP contribution in [-0.4, -0.2) is 82.7 Å². The Hall–Kier alpha value is -1.40. The predicted octanol–water partition coefficient (Wildman–Crippen LogP) is 1.05. The van der Waals surface area contributed by atoms with Crippen molar-refractivity contribution in [1.29, 1.82) is 0 Å². The van der Waals surface area contributed by atoms with Gasteiger partial charge in [-0.3, -0.25) is 14.4 Å². The number of carbonyl (C=O) groups excluding carboxylic acids is 1. The van der Waals surface area contributed by atoms with Crippen molar-refractivity contribution in [3.63, 3.8) is 0 Å². The molecular formula is C17H29N5O. The summed E-state index contributed by atoms with van der Waals surface area (Å²) >= 11 is 0. The summed E-state index contributed by atoms with van der Waals surface area (Å²) in [4.78, 5) is 19.6. The Bertz CT molecular complexity index is 545. The number of piperidine rings is 1. The number of aromatic nitrogens is 2. The van der Waals surface area contributed by atoms with Gasteiger partial charge in [0.15, 0.2) is 0 Å². The van der Waals surface area contributed by atoms with Crippen LogP contribution in [0.1, 0.15) is 36.2 Å². The molecule has 2 aliphatic rings. The molecule has 0 aliphatic carbocycles. The number of hydrogen-bond donors (Lipinski definition) is 0. The van der Waals surface area contributed by atoms with Gasteiger partial charge >= 0.3 is 0 Å². The molecular weight excluding hydrogens is 290 g/mol. The molecule has 3 rings (SSSR count). The van der Waals surface area contributed by atoms with Crippen molar-refractivity contribution in [2.45, 2.75) is 31.2 Å². The van der Waals surface area contributed by atoms with Crippen LogP contribution in [0.3, 0.4) is 0 Å². The van der Waals surface area contributed by atoms with E-state index in [9.17, 15) is 4.79 Å². The minimum atomic E-state index is 0.123. The first-order valence-electron chi connectivity index (χ1n) is 8.69. The van der Waals surface area contributed by atoms with Gasteiger partial charge < -0.3 is 9.80 Å². The normalized spacial score (nSPS) is 21.5. The number of likely N-dealkylation sites (N-methyl/N-ethyl adjacent to an activating group) is 1. The first-order valence-corrected chi connectivity index (χ1v) is 8.69. The number of amides is 1. The second-order valence-corrected chi connectivity index (χ2v) is 7.25. The van der Waals surface area contributed by atoms with Gasteiger partial charge in [-0.05, 0) is 52.4 Å². The Labute approximate surface area is 139 Å². The van der Waals surface area contributed by atoms with Crippen molar-refractivity contribution in [2.75, 3.05) is 46.8 Å². The molecule has 1 aromatic heterocycles. The zero-order chi connectivity index (χ0) is 16.4. The molecule has 0 unspecified atom stereocenters. The molecule has 0 atom stereocenters. The Morgan fingerprint density at radius 3 is 2.61 bits per heavy atom. The number of nitrogens with zero attached hydrogens (tertiary/aromatic N) is 5. The minimum Gasteiger partial charge on any atom is -0.337 e. The fourth-order valence-electron chi connectivity index (χ4n) is 4.10. The molecule has 128 valence electrons. The van der Waals surface area contributed by atoms with Gasteiger partial charge in [0.1, 0.15) is 5.69 Å². The highest BCUT2D eigenvalue weighted by molar-refractivity contribution is 5.92. The molecule has 1 aromatic rings. The van der Waals surface area contributed by atoms with Crippen molar-refractivity contribution >= 4 is 5.91 Å². The van der Waals surface area contributed by atoms with Crippen molar-refractivity contribution in [2.24, 2.45) is 7.05 Å². The van der Waals surface area contributed by atoms with Crippen LogP contribution in [0, 0.1) is 0 Å². The van der Waals surface area contributed by atoms with Crippen LogP contribution >= 0.6 is 0 Å². The van der Waals surface area contributed by atoms with Crippen LogP contribution in [0.4, 0.5) is 0 Å². The van der Waals surface area contributed by atoms with Crippen LogP contribution in [0.5, 0.6) is 0 Å². The molecule has 2 fully saturated rings. The lowest BCUT2D eigenvalue weighted by Gasteiger charge is -2.45. The number of likely N-dealkylation sites (tertiary alicyclic amines) is 2. The Kier molecular flexibility index (Phi) is 4.73. The number of hydrogen-bond acceptors (Lipinski definition) is 4. The van der Waals surface area contributed by atoms with E-state index in [1.54, 1.807) is 10.9 Å². The Balaban J connectivity index is 1.61. The lowest BCUT2D eigenvalue weighted by Crippen LogP contribution is -2.54. The first-order chi connectivity index (χ1) is 11.0. The van der Waals surface area contributed by atoms with E-state index in [0.717, 1.165) is 39.0 Å². The highest BCUT2D eigenvalue weighted by Crippen LogP contribution is 2.38. The van der Waals surface area contributed by atoms with Gasteiger partial charge in [-0.2, -0.15) is 5.10 Å². The number of aryl methyl sites for hydroxylation is 1. The number of carbonyl (C=O) groups is 1. The van der Waals surface area contributed by atoms with Gasteiger partial charge in [0.2, 0.25) is 0 Å². The SMILES string of the molecule is CN(C)CCN1CCCC12CCN(C(=O)c1ccnn1C)CC2. The predicted molar refractivity (Wildman–Crippen MR) is 90.4 cm³/mol. The van der Waals surface area contributed by atoms with Gasteiger partial charge in [-0.25, -0.2) is 0 Å². The van der Waals surface area contributed by atoms with Crippen LogP contribution in [0.25, 0.3) is 0 Å². The van der Waals surface area contributed by atoms with Crippen molar-refractivity contribution in [3.05, 3.63) is 18.0 Å². The van der Waals surface area contributed by atoms with Crippen LogP contribution in [-0.2, 0) is 7.05 Å². The topological polar surface area (TPSA) is 44.6 Å². The summed E-state index contributed by atoms with van der Waals surface area (Å²) in [6, 6.07) is 1.81. The van der Waals surface area contributed by atoms with E-state index in [0.29, 0.717) is 11.2 Å². The zero-order valence-electron chi connectivity index (χ0n) is 14.7. The van der Waals surface area contributed by atoms with Gasteiger partial charge in [-0.15, -0.1) is 0 Å². The second kappa shape index (κ2) is 6.61. The van der Waals surface area contributed by atoms with E-state index in [1.807, 2.05) is 18.0 Å². The average Bonchev–Trinajstić information content (AvgIpc) is 3.12. The third kappa shape index (κ3) is 3.28. The fourth-order valence-corrected chi connectivity index (χ4v) is 4.10. The van der Waals surface area contributed by atoms with E-state index in [2.05, 4.69) is 29.0 Å².